The first-order chi connectivity index (χ1) is 12.8. The number of rotatable bonds is 9. The predicted molar refractivity (Wildman–Crippen MR) is 97.5 cm³/mol. The average molecular weight is 378 g/mol. The average Bonchev–Trinajstić information content (AvgIpc) is 2.65. The number of carbonyl (C=O) groups is 4. The Morgan fingerprint density at radius 3 is 2.04 bits per heavy atom. The van der Waals surface area contributed by atoms with Crippen molar-refractivity contribution in [1.82, 2.24) is 10.6 Å². The Kier molecular flexibility index (Phi) is 8.98. The molecular weight excluding hydrogens is 352 g/mol. The zero-order valence-corrected chi connectivity index (χ0v) is 16.0. The number of methoxy groups -OCH3 is 2. The van der Waals surface area contributed by atoms with Crippen molar-refractivity contribution in [3.63, 3.8) is 0 Å². The molecule has 0 aromatic heterocycles. The Morgan fingerprint density at radius 1 is 0.926 bits per heavy atom. The lowest BCUT2D eigenvalue weighted by Crippen LogP contribution is -2.53. The van der Waals surface area contributed by atoms with Crippen molar-refractivity contribution in [2.24, 2.45) is 5.92 Å². The van der Waals surface area contributed by atoms with Gasteiger partial charge in [-0.3, -0.25) is 14.4 Å². The summed E-state index contributed by atoms with van der Waals surface area (Å²) in [5.41, 5.74) is 0.851. The molecule has 0 heterocycles. The van der Waals surface area contributed by atoms with Gasteiger partial charge < -0.3 is 20.1 Å². The third kappa shape index (κ3) is 7.47. The lowest BCUT2D eigenvalue weighted by atomic mass is 10.0. The highest BCUT2D eigenvalue weighted by Gasteiger charge is 2.30. The quantitative estimate of drug-likeness (QED) is 0.609. The molecule has 0 radical (unpaired) electrons. The van der Waals surface area contributed by atoms with E-state index in [9.17, 15) is 19.2 Å². The molecule has 0 aliphatic carbocycles. The molecule has 0 saturated heterocycles. The van der Waals surface area contributed by atoms with Gasteiger partial charge in [0.2, 0.25) is 11.8 Å². The second-order valence-corrected chi connectivity index (χ2v) is 6.19. The van der Waals surface area contributed by atoms with Crippen LogP contribution in [0.3, 0.4) is 0 Å². The molecule has 0 unspecified atom stereocenters. The minimum absolute atomic E-state index is 0.0171. The van der Waals surface area contributed by atoms with Crippen LogP contribution in [0.25, 0.3) is 0 Å². The number of ether oxygens (including phenoxy) is 2. The maximum absolute atomic E-state index is 12.7. The Bertz CT molecular complexity index is 661. The first-order valence-electron chi connectivity index (χ1n) is 8.55. The van der Waals surface area contributed by atoms with Crippen LogP contribution in [-0.4, -0.2) is 50.1 Å². The number of hydrogen-bond donors (Lipinski definition) is 2. The molecule has 0 aliphatic rings. The first kappa shape index (κ1) is 22.1. The van der Waals surface area contributed by atoms with E-state index < -0.39 is 35.8 Å². The van der Waals surface area contributed by atoms with Crippen LogP contribution >= 0.6 is 0 Å². The van der Waals surface area contributed by atoms with E-state index in [1.807, 2.05) is 30.3 Å². The number of amides is 2. The van der Waals surface area contributed by atoms with Gasteiger partial charge in [-0.15, -0.1) is 0 Å². The summed E-state index contributed by atoms with van der Waals surface area (Å²) in [6.07, 6.45) is 0.274. The lowest BCUT2D eigenvalue weighted by molar-refractivity contribution is -0.149. The van der Waals surface area contributed by atoms with Crippen molar-refractivity contribution >= 4 is 23.8 Å². The van der Waals surface area contributed by atoms with Crippen LogP contribution < -0.4 is 10.6 Å². The van der Waals surface area contributed by atoms with Gasteiger partial charge in [-0.2, -0.15) is 0 Å². The fourth-order valence-electron chi connectivity index (χ4n) is 2.58. The van der Waals surface area contributed by atoms with Gasteiger partial charge >= 0.3 is 11.9 Å². The summed E-state index contributed by atoms with van der Waals surface area (Å²) < 4.78 is 9.36. The van der Waals surface area contributed by atoms with Gasteiger partial charge in [0.25, 0.3) is 0 Å². The molecule has 0 bridgehead atoms. The monoisotopic (exact) mass is 378 g/mol. The fraction of sp³-hybridized carbons (Fsp3) is 0.474. The summed E-state index contributed by atoms with van der Waals surface area (Å²) in [6, 6.07) is 7.26. The van der Waals surface area contributed by atoms with E-state index in [0.717, 1.165) is 5.56 Å². The molecule has 2 amide bonds. The summed E-state index contributed by atoms with van der Waals surface area (Å²) in [7, 11) is 2.44. The van der Waals surface area contributed by atoms with E-state index in [4.69, 9.17) is 4.74 Å². The molecule has 0 fully saturated rings. The standard InChI is InChI=1S/C19H26N2O6/c1-12(18(24)26-3)10-16(19(25)27-4)21-17(23)15(20-13(2)22)11-14-8-6-5-7-9-14/h5-9,12,15-16H,10-11H2,1-4H3,(H,20,22)(H,21,23)/t12-,15+,16-/m0/s1. The van der Waals surface area contributed by atoms with Crippen LogP contribution in [-0.2, 0) is 35.1 Å². The van der Waals surface area contributed by atoms with Crippen LogP contribution in [0.5, 0.6) is 0 Å². The molecule has 1 aromatic carbocycles. The highest BCUT2D eigenvalue weighted by molar-refractivity contribution is 5.90. The highest BCUT2D eigenvalue weighted by Crippen LogP contribution is 2.11. The Balaban J connectivity index is 2.91. The van der Waals surface area contributed by atoms with E-state index in [2.05, 4.69) is 15.4 Å². The molecule has 8 nitrogen and oxygen atoms in total. The molecule has 0 spiro atoms. The van der Waals surface area contributed by atoms with E-state index >= 15 is 0 Å². The van der Waals surface area contributed by atoms with Gasteiger partial charge in [0, 0.05) is 13.3 Å². The van der Waals surface area contributed by atoms with Crippen LogP contribution in [0.1, 0.15) is 25.8 Å². The third-order valence-electron chi connectivity index (χ3n) is 3.97. The molecule has 2 N–H and O–H groups in total. The first-order valence-corrected chi connectivity index (χ1v) is 8.55. The smallest absolute Gasteiger partial charge is 0.328 e. The van der Waals surface area contributed by atoms with Gasteiger partial charge in [0.15, 0.2) is 0 Å². The number of carbonyl (C=O) groups excluding carboxylic acids is 4. The van der Waals surface area contributed by atoms with E-state index in [1.165, 1.54) is 21.1 Å². The zero-order valence-electron chi connectivity index (χ0n) is 16.0. The van der Waals surface area contributed by atoms with Crippen LogP contribution in [0.15, 0.2) is 30.3 Å². The molecule has 27 heavy (non-hydrogen) atoms. The van der Waals surface area contributed by atoms with Crippen molar-refractivity contribution in [2.75, 3.05) is 14.2 Å². The van der Waals surface area contributed by atoms with Crippen molar-refractivity contribution in [3.05, 3.63) is 35.9 Å². The molecular formula is C19H26N2O6. The molecule has 0 saturated carbocycles. The molecule has 1 rings (SSSR count). The normalized spacial score (nSPS) is 13.6. The largest absolute Gasteiger partial charge is 0.469 e. The van der Waals surface area contributed by atoms with Crippen LogP contribution in [0.4, 0.5) is 0 Å². The zero-order chi connectivity index (χ0) is 20.4. The Hall–Kier alpha value is -2.90. The van der Waals surface area contributed by atoms with Crippen LogP contribution in [0, 0.1) is 5.92 Å². The lowest BCUT2D eigenvalue weighted by Gasteiger charge is -2.23. The van der Waals surface area contributed by atoms with Crippen molar-refractivity contribution in [2.45, 2.75) is 38.8 Å². The number of hydrogen-bond acceptors (Lipinski definition) is 6. The predicted octanol–water partition coefficient (Wildman–Crippen LogP) is 0.591. The Morgan fingerprint density at radius 2 is 1.52 bits per heavy atom. The summed E-state index contributed by atoms with van der Waals surface area (Å²) in [5, 5.41) is 5.15. The second kappa shape index (κ2) is 10.9. The van der Waals surface area contributed by atoms with E-state index in [-0.39, 0.29) is 18.7 Å². The molecule has 0 aliphatic heterocycles. The summed E-state index contributed by atoms with van der Waals surface area (Å²) in [4.78, 5) is 47.8. The molecule has 8 heteroatoms. The molecule has 1 aromatic rings. The Labute approximate surface area is 158 Å². The van der Waals surface area contributed by atoms with Gasteiger partial charge in [0.05, 0.1) is 20.1 Å². The van der Waals surface area contributed by atoms with Crippen molar-refractivity contribution < 1.29 is 28.7 Å². The van der Waals surface area contributed by atoms with Gasteiger partial charge in [0.1, 0.15) is 12.1 Å². The van der Waals surface area contributed by atoms with Gasteiger partial charge in [-0.25, -0.2) is 4.79 Å². The minimum Gasteiger partial charge on any atom is -0.469 e. The van der Waals surface area contributed by atoms with Gasteiger partial charge in [-0.05, 0) is 12.0 Å². The SMILES string of the molecule is COC(=O)[C@H](C[C@H](C)C(=O)OC)NC(=O)[C@@H](Cc1ccccc1)NC(C)=O. The molecule has 148 valence electrons. The number of esters is 2. The van der Waals surface area contributed by atoms with Crippen LogP contribution in [0.2, 0.25) is 0 Å². The number of benzene rings is 1. The van der Waals surface area contributed by atoms with Crippen molar-refractivity contribution in [3.8, 4) is 0 Å². The summed E-state index contributed by atoms with van der Waals surface area (Å²) in [6.45, 7) is 2.89. The summed E-state index contributed by atoms with van der Waals surface area (Å²) in [5.74, 6) is -2.71. The third-order valence-corrected chi connectivity index (χ3v) is 3.97. The highest BCUT2D eigenvalue weighted by atomic mass is 16.5. The topological polar surface area (TPSA) is 111 Å². The fourth-order valence-corrected chi connectivity index (χ4v) is 2.58. The molecule has 3 atom stereocenters. The van der Waals surface area contributed by atoms with Gasteiger partial charge in [-0.1, -0.05) is 37.3 Å². The van der Waals surface area contributed by atoms with Crippen molar-refractivity contribution in [1.29, 1.82) is 0 Å². The van der Waals surface area contributed by atoms with E-state index in [1.54, 1.807) is 6.92 Å². The maximum Gasteiger partial charge on any atom is 0.328 e. The maximum atomic E-state index is 12.7. The van der Waals surface area contributed by atoms with E-state index in [0.29, 0.717) is 0 Å². The minimum atomic E-state index is -1.04. The second-order valence-electron chi connectivity index (χ2n) is 6.19. The summed E-state index contributed by atoms with van der Waals surface area (Å²) >= 11 is 0. The number of nitrogens with one attached hydrogen (secondary N) is 2.